The largest absolute Gasteiger partial charge is 0.497 e. The lowest BCUT2D eigenvalue weighted by Crippen LogP contribution is -2.45. The van der Waals surface area contributed by atoms with E-state index < -0.39 is 5.79 Å². The Kier molecular flexibility index (Phi) is 5.06. The zero-order valence-electron chi connectivity index (χ0n) is 17.8. The van der Waals surface area contributed by atoms with E-state index in [4.69, 9.17) is 18.9 Å². The van der Waals surface area contributed by atoms with Crippen molar-refractivity contribution in [3.05, 3.63) is 58.9 Å². The molecule has 0 saturated carbocycles. The van der Waals surface area contributed by atoms with Crippen molar-refractivity contribution in [3.63, 3.8) is 0 Å². The quantitative estimate of drug-likeness (QED) is 0.391. The number of ether oxygens (including phenoxy) is 4. The van der Waals surface area contributed by atoms with Gasteiger partial charge in [-0.2, -0.15) is 0 Å². The number of ketones is 1. The van der Waals surface area contributed by atoms with E-state index in [9.17, 15) is 4.79 Å². The van der Waals surface area contributed by atoms with Crippen LogP contribution in [-0.2, 0) is 18.9 Å². The van der Waals surface area contributed by atoms with Gasteiger partial charge in [0.05, 0.1) is 32.3 Å². The summed E-state index contributed by atoms with van der Waals surface area (Å²) in [5.41, 5.74) is 2.45. The second kappa shape index (κ2) is 7.61. The average Bonchev–Trinajstić information content (AvgIpc) is 3.31. The van der Waals surface area contributed by atoms with Gasteiger partial charge in [-0.05, 0) is 25.0 Å². The summed E-state index contributed by atoms with van der Waals surface area (Å²) < 4.78 is 25.4. The first-order valence-corrected chi connectivity index (χ1v) is 11.1. The Hall–Kier alpha value is -1.99. The van der Waals surface area contributed by atoms with Gasteiger partial charge in [-0.25, -0.2) is 0 Å². The maximum Gasteiger partial charge on any atom is 0.247 e. The van der Waals surface area contributed by atoms with Crippen LogP contribution in [0, 0.1) is 0 Å². The van der Waals surface area contributed by atoms with Crippen LogP contribution in [0.4, 0.5) is 0 Å². The summed E-state index contributed by atoms with van der Waals surface area (Å²) in [5, 5.41) is 0. The van der Waals surface area contributed by atoms with Crippen LogP contribution in [0.15, 0.2) is 47.7 Å². The van der Waals surface area contributed by atoms with Gasteiger partial charge in [-0.3, -0.25) is 14.0 Å². The number of hydrogen-bond donors (Lipinski definition) is 0. The number of nitrogens with zero attached hydrogens (tertiary/aromatic N) is 1. The maximum absolute atomic E-state index is 13.3. The maximum atomic E-state index is 13.3. The molecule has 0 bridgehead atoms. The number of Topliss-reactive ketones (excluding diaryl/α,β-unsaturated/α-hetero) is 1. The molecule has 2 fully saturated rings. The Morgan fingerprint density at radius 1 is 1.17 bits per heavy atom. The Bertz CT molecular complexity index is 901. The molecule has 1 aromatic rings. The zero-order chi connectivity index (χ0) is 20.8. The van der Waals surface area contributed by atoms with Crippen LogP contribution >= 0.6 is 0 Å². The van der Waals surface area contributed by atoms with Crippen LogP contribution < -0.4 is 0 Å². The number of morpholine rings is 1. The molecular formula is C24H30NO5+. The lowest BCUT2D eigenvalue weighted by molar-refractivity contribution is -0.839. The van der Waals surface area contributed by atoms with Gasteiger partial charge in [-0.1, -0.05) is 31.2 Å². The van der Waals surface area contributed by atoms with Crippen molar-refractivity contribution in [1.29, 1.82) is 0 Å². The Balaban J connectivity index is 1.52. The first kappa shape index (κ1) is 19.9. The lowest BCUT2D eigenvalue weighted by atomic mass is 9.88. The molecular weight excluding hydrogens is 382 g/mol. The molecule has 1 spiro atoms. The highest BCUT2D eigenvalue weighted by molar-refractivity contribution is 6.15. The standard InChI is InChI=1S/C24H30NO5/c1-3-11-29-24(30-21-16-25(21)9-12-27-13-10-25)14-19-22(20(15-24)28-4-2)17-7-5-6-8-18(17)23(19)26/h5-8,14-15,21-22H,3-4,9-13,16H2,1-2H3/q+1. The zero-order valence-corrected chi connectivity index (χ0v) is 17.8. The predicted octanol–water partition coefficient (Wildman–Crippen LogP) is 3.15. The van der Waals surface area contributed by atoms with Gasteiger partial charge < -0.3 is 14.2 Å². The minimum Gasteiger partial charge on any atom is -0.497 e. The van der Waals surface area contributed by atoms with E-state index in [0.717, 1.165) is 60.6 Å². The number of fused-ring (bicyclic) bond motifs is 3. The highest BCUT2D eigenvalue weighted by Gasteiger charge is 2.60. The van der Waals surface area contributed by atoms with Crippen LogP contribution in [0.3, 0.4) is 0 Å². The minimum atomic E-state index is -1.07. The molecule has 6 nitrogen and oxygen atoms in total. The average molecular weight is 413 g/mol. The SMILES string of the molecule is CCCOC1(OC2C[N+]23CCOCC3)C=C(OCC)C2C(=C1)C(=O)c1ccccc12. The molecule has 2 aliphatic heterocycles. The number of quaternary nitrogens is 1. The fourth-order valence-corrected chi connectivity index (χ4v) is 4.95. The van der Waals surface area contributed by atoms with Crippen molar-refractivity contribution in [3.8, 4) is 0 Å². The summed E-state index contributed by atoms with van der Waals surface area (Å²) in [5.74, 6) is -0.464. The summed E-state index contributed by atoms with van der Waals surface area (Å²) in [6.45, 7) is 9.51. The van der Waals surface area contributed by atoms with E-state index in [1.165, 1.54) is 0 Å². The molecule has 0 aromatic heterocycles. The van der Waals surface area contributed by atoms with E-state index in [-0.39, 0.29) is 17.9 Å². The molecule has 0 radical (unpaired) electrons. The van der Waals surface area contributed by atoms with Crippen molar-refractivity contribution in [2.24, 2.45) is 0 Å². The molecule has 4 aliphatic rings. The van der Waals surface area contributed by atoms with Crippen molar-refractivity contribution in [2.45, 2.75) is 38.2 Å². The van der Waals surface area contributed by atoms with Gasteiger partial charge in [0.2, 0.25) is 12.0 Å². The first-order chi connectivity index (χ1) is 14.6. The van der Waals surface area contributed by atoms with Gasteiger partial charge >= 0.3 is 0 Å². The molecule has 2 aliphatic carbocycles. The lowest BCUT2D eigenvalue weighted by Gasteiger charge is -2.35. The van der Waals surface area contributed by atoms with Crippen molar-refractivity contribution in [1.82, 2.24) is 0 Å². The first-order valence-electron chi connectivity index (χ1n) is 11.1. The van der Waals surface area contributed by atoms with Crippen molar-refractivity contribution < 1.29 is 28.2 Å². The van der Waals surface area contributed by atoms with E-state index >= 15 is 0 Å². The fraction of sp³-hybridized carbons (Fsp3) is 0.542. The molecule has 1 aromatic carbocycles. The number of carbonyl (C=O) groups is 1. The molecule has 6 heteroatoms. The molecule has 160 valence electrons. The third-order valence-corrected chi connectivity index (χ3v) is 6.60. The molecule has 2 saturated heterocycles. The van der Waals surface area contributed by atoms with Crippen molar-refractivity contribution in [2.75, 3.05) is 46.1 Å². The molecule has 0 amide bonds. The smallest absolute Gasteiger partial charge is 0.247 e. The van der Waals surface area contributed by atoms with Gasteiger partial charge in [0.15, 0.2) is 12.3 Å². The van der Waals surface area contributed by atoms with E-state index in [2.05, 4.69) is 6.92 Å². The predicted molar refractivity (Wildman–Crippen MR) is 111 cm³/mol. The summed E-state index contributed by atoms with van der Waals surface area (Å²) in [6, 6.07) is 7.79. The summed E-state index contributed by atoms with van der Waals surface area (Å²) in [4.78, 5) is 13.3. The number of allylic oxidation sites excluding steroid dienone is 1. The summed E-state index contributed by atoms with van der Waals surface area (Å²) in [7, 11) is 0. The molecule has 5 rings (SSSR count). The number of carbonyl (C=O) groups excluding carboxylic acids is 1. The fourth-order valence-electron chi connectivity index (χ4n) is 4.95. The van der Waals surface area contributed by atoms with E-state index in [1.807, 2.05) is 43.3 Å². The molecule has 3 atom stereocenters. The highest BCUT2D eigenvalue weighted by atomic mass is 16.7. The normalized spacial score (nSPS) is 31.1. The monoisotopic (exact) mass is 412 g/mol. The van der Waals surface area contributed by atoms with Crippen LogP contribution in [0.5, 0.6) is 0 Å². The Morgan fingerprint density at radius 2 is 1.97 bits per heavy atom. The highest BCUT2D eigenvalue weighted by Crippen LogP contribution is 2.49. The van der Waals surface area contributed by atoms with Crippen LogP contribution in [0.2, 0.25) is 0 Å². The number of rotatable bonds is 7. The third-order valence-electron chi connectivity index (χ3n) is 6.60. The van der Waals surface area contributed by atoms with Crippen LogP contribution in [0.1, 0.15) is 42.1 Å². The molecule has 30 heavy (non-hydrogen) atoms. The second-order valence-electron chi connectivity index (χ2n) is 8.53. The van der Waals surface area contributed by atoms with Crippen molar-refractivity contribution >= 4 is 5.78 Å². The molecule has 2 heterocycles. The van der Waals surface area contributed by atoms with Gasteiger partial charge in [0.25, 0.3) is 0 Å². The molecule has 3 unspecified atom stereocenters. The number of benzene rings is 1. The topological polar surface area (TPSA) is 54.0 Å². The van der Waals surface area contributed by atoms with E-state index in [1.54, 1.807) is 0 Å². The third kappa shape index (κ3) is 3.23. The second-order valence-corrected chi connectivity index (χ2v) is 8.53. The van der Waals surface area contributed by atoms with Gasteiger partial charge in [0.1, 0.15) is 18.8 Å². The Labute approximate surface area is 177 Å². The van der Waals surface area contributed by atoms with Gasteiger partial charge in [-0.15, -0.1) is 0 Å². The summed E-state index contributed by atoms with van der Waals surface area (Å²) >= 11 is 0. The minimum absolute atomic E-state index is 0.0417. The van der Waals surface area contributed by atoms with Gasteiger partial charge in [0, 0.05) is 17.2 Å². The number of hydrogen-bond acceptors (Lipinski definition) is 5. The van der Waals surface area contributed by atoms with Crippen LogP contribution in [-0.4, -0.2) is 68.3 Å². The van der Waals surface area contributed by atoms with Crippen LogP contribution in [0.25, 0.3) is 0 Å². The Morgan fingerprint density at radius 3 is 2.73 bits per heavy atom. The van der Waals surface area contributed by atoms with E-state index in [0.29, 0.717) is 18.8 Å². The molecule has 0 N–H and O–H groups in total. The summed E-state index contributed by atoms with van der Waals surface area (Å²) in [6.07, 6.45) is 4.79.